The van der Waals surface area contributed by atoms with E-state index in [-0.39, 0.29) is 17.7 Å². The lowest BCUT2D eigenvalue weighted by Crippen LogP contribution is -2.15. The van der Waals surface area contributed by atoms with Crippen LogP contribution in [-0.4, -0.2) is 37.6 Å². The van der Waals surface area contributed by atoms with Crippen LogP contribution in [0.25, 0.3) is 10.9 Å². The molecule has 3 aromatic rings. The second-order valence-corrected chi connectivity index (χ2v) is 7.03. The van der Waals surface area contributed by atoms with E-state index in [0.717, 1.165) is 36.6 Å². The minimum Gasteiger partial charge on any atom is -0.494 e. The molecule has 0 radical (unpaired) electrons. The van der Waals surface area contributed by atoms with Gasteiger partial charge in [-0.2, -0.15) is 0 Å². The van der Waals surface area contributed by atoms with Crippen molar-refractivity contribution in [1.29, 1.82) is 0 Å². The molecule has 0 amide bonds. The standard InChI is InChI=1S/C21H22N4O2/c1-13(26)14-7-8-17-16(11-14)19(21(27)25-17)20(18-12-22-9-10-23-18)24-15-5-3-2-4-6-15/h7-12,15,25,27H,2-6H2,1H3. The SMILES string of the molecule is CC(=O)c1ccc2[nH]c(O)c(C(=NC3CCCCC3)c3cnccn3)c2c1. The molecule has 1 fully saturated rings. The number of aliphatic imine (C=N–C) groups is 1. The highest BCUT2D eigenvalue weighted by atomic mass is 16.3. The number of aromatic hydroxyl groups is 1. The Hall–Kier alpha value is -3.02. The van der Waals surface area contributed by atoms with Gasteiger partial charge in [0.1, 0.15) is 5.69 Å². The summed E-state index contributed by atoms with van der Waals surface area (Å²) in [5.41, 5.74) is 3.18. The molecule has 0 spiro atoms. The Kier molecular flexibility index (Phi) is 4.71. The van der Waals surface area contributed by atoms with Crippen LogP contribution in [0.4, 0.5) is 0 Å². The Morgan fingerprint density at radius 2 is 2.04 bits per heavy atom. The third-order valence-corrected chi connectivity index (χ3v) is 5.11. The maximum absolute atomic E-state index is 11.8. The lowest BCUT2D eigenvalue weighted by Gasteiger charge is -2.19. The largest absolute Gasteiger partial charge is 0.494 e. The lowest BCUT2D eigenvalue weighted by molar-refractivity contribution is 0.101. The van der Waals surface area contributed by atoms with Gasteiger partial charge in [0.05, 0.1) is 23.5 Å². The molecule has 2 heterocycles. The van der Waals surface area contributed by atoms with Crippen LogP contribution in [0.5, 0.6) is 5.88 Å². The van der Waals surface area contributed by atoms with Crippen molar-refractivity contribution in [3.63, 3.8) is 0 Å². The highest BCUT2D eigenvalue weighted by Gasteiger charge is 2.22. The summed E-state index contributed by atoms with van der Waals surface area (Å²) in [6.07, 6.45) is 10.5. The summed E-state index contributed by atoms with van der Waals surface area (Å²) >= 11 is 0. The van der Waals surface area contributed by atoms with E-state index in [4.69, 9.17) is 4.99 Å². The van der Waals surface area contributed by atoms with Gasteiger partial charge in [0.25, 0.3) is 0 Å². The molecule has 1 aliphatic rings. The molecule has 138 valence electrons. The zero-order valence-corrected chi connectivity index (χ0v) is 15.3. The molecule has 1 saturated carbocycles. The van der Waals surface area contributed by atoms with Crippen LogP contribution in [0.2, 0.25) is 0 Å². The molecule has 0 aliphatic heterocycles. The maximum Gasteiger partial charge on any atom is 0.199 e. The zero-order valence-electron chi connectivity index (χ0n) is 15.3. The first kappa shape index (κ1) is 17.4. The Balaban J connectivity index is 1.91. The predicted molar refractivity (Wildman–Crippen MR) is 105 cm³/mol. The first-order valence-corrected chi connectivity index (χ1v) is 9.33. The molecule has 0 saturated heterocycles. The molecule has 2 aromatic heterocycles. The highest BCUT2D eigenvalue weighted by Crippen LogP contribution is 2.32. The molecule has 27 heavy (non-hydrogen) atoms. The summed E-state index contributed by atoms with van der Waals surface area (Å²) in [7, 11) is 0. The number of carbonyl (C=O) groups excluding carboxylic acids is 1. The van der Waals surface area contributed by atoms with Crippen molar-refractivity contribution in [3.8, 4) is 5.88 Å². The summed E-state index contributed by atoms with van der Waals surface area (Å²) in [4.78, 5) is 28.4. The monoisotopic (exact) mass is 362 g/mol. The van der Waals surface area contributed by atoms with Crippen molar-refractivity contribution in [3.05, 3.63) is 53.6 Å². The number of hydrogen-bond acceptors (Lipinski definition) is 5. The van der Waals surface area contributed by atoms with E-state index in [2.05, 4.69) is 15.0 Å². The third-order valence-electron chi connectivity index (χ3n) is 5.11. The first-order valence-electron chi connectivity index (χ1n) is 9.33. The van der Waals surface area contributed by atoms with E-state index in [9.17, 15) is 9.90 Å². The van der Waals surface area contributed by atoms with Gasteiger partial charge in [0, 0.05) is 28.9 Å². The second-order valence-electron chi connectivity index (χ2n) is 7.03. The van der Waals surface area contributed by atoms with Gasteiger partial charge in [-0.1, -0.05) is 19.3 Å². The first-order chi connectivity index (χ1) is 13.1. The van der Waals surface area contributed by atoms with E-state index >= 15 is 0 Å². The van der Waals surface area contributed by atoms with E-state index in [1.54, 1.807) is 30.7 Å². The lowest BCUT2D eigenvalue weighted by atomic mass is 9.95. The molecule has 6 heteroatoms. The van der Waals surface area contributed by atoms with Gasteiger partial charge in [-0.3, -0.25) is 19.8 Å². The Morgan fingerprint density at radius 1 is 1.22 bits per heavy atom. The number of aromatic nitrogens is 3. The van der Waals surface area contributed by atoms with Crippen LogP contribution < -0.4 is 0 Å². The number of H-pyrrole nitrogens is 1. The van der Waals surface area contributed by atoms with Crippen LogP contribution in [0.3, 0.4) is 0 Å². The van der Waals surface area contributed by atoms with E-state index < -0.39 is 0 Å². The molecule has 1 aliphatic carbocycles. The van der Waals surface area contributed by atoms with Gasteiger partial charge in [0.2, 0.25) is 0 Å². The summed E-state index contributed by atoms with van der Waals surface area (Å²) in [6, 6.07) is 5.57. The molecular weight excluding hydrogens is 340 g/mol. The summed E-state index contributed by atoms with van der Waals surface area (Å²) in [5.74, 6) is 0.0136. The number of hydrogen-bond donors (Lipinski definition) is 2. The summed E-state index contributed by atoms with van der Waals surface area (Å²) < 4.78 is 0. The minimum atomic E-state index is -0.0196. The van der Waals surface area contributed by atoms with Gasteiger partial charge in [-0.15, -0.1) is 0 Å². The summed E-state index contributed by atoms with van der Waals surface area (Å²) in [5, 5.41) is 11.4. The van der Waals surface area contributed by atoms with Crippen LogP contribution >= 0.6 is 0 Å². The zero-order chi connectivity index (χ0) is 18.8. The van der Waals surface area contributed by atoms with Gasteiger partial charge < -0.3 is 10.1 Å². The molecule has 2 N–H and O–H groups in total. The van der Waals surface area contributed by atoms with Crippen molar-refractivity contribution < 1.29 is 9.90 Å². The maximum atomic E-state index is 11.8. The van der Waals surface area contributed by atoms with Gasteiger partial charge in [-0.05, 0) is 38.0 Å². The average molecular weight is 362 g/mol. The number of rotatable bonds is 4. The summed E-state index contributed by atoms with van der Waals surface area (Å²) in [6.45, 7) is 1.53. The molecule has 4 rings (SSSR count). The Morgan fingerprint density at radius 3 is 2.74 bits per heavy atom. The third kappa shape index (κ3) is 3.47. The number of fused-ring (bicyclic) bond motifs is 1. The number of nitrogens with one attached hydrogen (secondary N) is 1. The van der Waals surface area contributed by atoms with Crippen LogP contribution in [0.15, 0.2) is 41.8 Å². The number of aromatic amines is 1. The average Bonchev–Trinajstić information content (AvgIpc) is 3.02. The Bertz CT molecular complexity index is 1000. The van der Waals surface area contributed by atoms with E-state index in [1.165, 1.54) is 13.3 Å². The van der Waals surface area contributed by atoms with Crippen molar-refractivity contribution in [1.82, 2.24) is 15.0 Å². The van der Waals surface area contributed by atoms with Gasteiger partial charge in [0.15, 0.2) is 11.7 Å². The fourth-order valence-electron chi connectivity index (χ4n) is 3.71. The normalized spacial score (nSPS) is 16.0. The van der Waals surface area contributed by atoms with Crippen LogP contribution in [0.1, 0.15) is 60.6 Å². The fraction of sp³-hybridized carbons (Fsp3) is 0.333. The minimum absolute atomic E-state index is 0.0196. The number of nitrogens with zero attached hydrogens (tertiary/aromatic N) is 3. The number of carbonyl (C=O) groups is 1. The van der Waals surface area contributed by atoms with Crippen molar-refractivity contribution >= 4 is 22.4 Å². The van der Waals surface area contributed by atoms with Crippen molar-refractivity contribution in [2.45, 2.75) is 45.1 Å². The second kappa shape index (κ2) is 7.31. The van der Waals surface area contributed by atoms with Crippen LogP contribution in [0, 0.1) is 0 Å². The quantitative estimate of drug-likeness (QED) is 0.541. The molecule has 0 bridgehead atoms. The Labute approximate surface area is 157 Å². The molecule has 6 nitrogen and oxygen atoms in total. The van der Waals surface area contributed by atoms with Gasteiger partial charge >= 0.3 is 0 Å². The predicted octanol–water partition coefficient (Wildman–Crippen LogP) is 4.04. The smallest absolute Gasteiger partial charge is 0.199 e. The van der Waals surface area contributed by atoms with Gasteiger partial charge in [-0.25, -0.2) is 0 Å². The van der Waals surface area contributed by atoms with E-state index in [0.29, 0.717) is 22.5 Å². The molecule has 1 aromatic carbocycles. The highest BCUT2D eigenvalue weighted by molar-refractivity contribution is 6.20. The topological polar surface area (TPSA) is 91.2 Å². The number of Topliss-reactive ketones (excluding diaryl/α,β-unsaturated/α-hetero) is 1. The van der Waals surface area contributed by atoms with Crippen molar-refractivity contribution in [2.75, 3.05) is 0 Å². The molecule has 0 atom stereocenters. The number of ketones is 1. The molecule has 0 unspecified atom stereocenters. The molecular formula is C21H22N4O2. The van der Waals surface area contributed by atoms with Crippen LogP contribution in [-0.2, 0) is 0 Å². The number of benzene rings is 1. The fourth-order valence-corrected chi connectivity index (χ4v) is 3.71. The van der Waals surface area contributed by atoms with Crippen molar-refractivity contribution in [2.24, 2.45) is 4.99 Å². The van der Waals surface area contributed by atoms with E-state index in [1.807, 2.05) is 6.07 Å².